The lowest BCUT2D eigenvalue weighted by Gasteiger charge is -2.16. The SMILES string of the molecule is Cc1nc(N2CCCC2)ncc1-c1cc(=O)[nH]c(Nc2ccc(F)cc2)n1. The molecule has 27 heavy (non-hydrogen) atoms. The van der Waals surface area contributed by atoms with Gasteiger partial charge in [-0.2, -0.15) is 0 Å². The van der Waals surface area contributed by atoms with E-state index in [1.807, 2.05) is 6.92 Å². The Hall–Kier alpha value is -3.29. The van der Waals surface area contributed by atoms with Crippen molar-refractivity contribution in [1.82, 2.24) is 19.9 Å². The molecule has 0 atom stereocenters. The molecule has 1 aliphatic heterocycles. The predicted octanol–water partition coefficient (Wildman–Crippen LogP) is 3.02. The van der Waals surface area contributed by atoms with Crippen LogP contribution in [0.1, 0.15) is 18.5 Å². The molecule has 8 heteroatoms. The monoisotopic (exact) mass is 366 g/mol. The minimum Gasteiger partial charge on any atom is -0.341 e. The van der Waals surface area contributed by atoms with Gasteiger partial charge in [-0.05, 0) is 44.0 Å². The van der Waals surface area contributed by atoms with E-state index in [0.29, 0.717) is 22.9 Å². The van der Waals surface area contributed by atoms with Gasteiger partial charge in [-0.15, -0.1) is 0 Å². The van der Waals surface area contributed by atoms with Gasteiger partial charge in [0.2, 0.25) is 11.9 Å². The second-order valence-corrected chi connectivity index (χ2v) is 6.47. The predicted molar refractivity (Wildman–Crippen MR) is 102 cm³/mol. The lowest BCUT2D eigenvalue weighted by Crippen LogP contribution is -2.20. The molecule has 0 aliphatic carbocycles. The molecular formula is C19H19FN6O. The van der Waals surface area contributed by atoms with E-state index in [4.69, 9.17) is 0 Å². The third kappa shape index (κ3) is 3.79. The normalized spacial score (nSPS) is 13.8. The summed E-state index contributed by atoms with van der Waals surface area (Å²) in [5, 5.41) is 2.98. The molecule has 1 fully saturated rings. The number of halogens is 1. The Morgan fingerprint density at radius 2 is 1.89 bits per heavy atom. The van der Waals surface area contributed by atoms with Gasteiger partial charge in [0.15, 0.2) is 0 Å². The summed E-state index contributed by atoms with van der Waals surface area (Å²) in [7, 11) is 0. The number of benzene rings is 1. The average molecular weight is 366 g/mol. The number of rotatable bonds is 4. The Morgan fingerprint density at radius 3 is 2.59 bits per heavy atom. The highest BCUT2D eigenvalue weighted by molar-refractivity contribution is 5.64. The minimum atomic E-state index is -0.332. The van der Waals surface area contributed by atoms with Gasteiger partial charge in [-0.1, -0.05) is 0 Å². The first-order chi connectivity index (χ1) is 13.1. The Balaban J connectivity index is 1.64. The highest BCUT2D eigenvalue weighted by atomic mass is 19.1. The van der Waals surface area contributed by atoms with Crippen LogP contribution in [0.25, 0.3) is 11.3 Å². The highest BCUT2D eigenvalue weighted by Gasteiger charge is 2.17. The number of aromatic amines is 1. The number of H-pyrrole nitrogens is 1. The van der Waals surface area contributed by atoms with Crippen LogP contribution in [0.2, 0.25) is 0 Å². The largest absolute Gasteiger partial charge is 0.341 e. The molecule has 3 aromatic rings. The molecule has 2 aromatic heterocycles. The number of hydrogen-bond acceptors (Lipinski definition) is 6. The molecule has 0 unspecified atom stereocenters. The van der Waals surface area contributed by atoms with Gasteiger partial charge in [-0.25, -0.2) is 19.3 Å². The summed E-state index contributed by atoms with van der Waals surface area (Å²) in [6.07, 6.45) is 4.01. The smallest absolute Gasteiger partial charge is 0.252 e. The number of nitrogens with one attached hydrogen (secondary N) is 2. The molecule has 3 heterocycles. The molecule has 1 aliphatic rings. The topological polar surface area (TPSA) is 86.8 Å². The van der Waals surface area contributed by atoms with Crippen molar-refractivity contribution in [2.75, 3.05) is 23.3 Å². The number of aromatic nitrogens is 4. The first-order valence-electron chi connectivity index (χ1n) is 8.81. The quantitative estimate of drug-likeness (QED) is 0.738. The van der Waals surface area contributed by atoms with E-state index in [0.717, 1.165) is 31.6 Å². The maximum absolute atomic E-state index is 13.0. The van der Waals surface area contributed by atoms with Crippen LogP contribution in [0.3, 0.4) is 0 Å². The molecular weight excluding hydrogens is 347 g/mol. The van der Waals surface area contributed by atoms with Gasteiger partial charge in [0.25, 0.3) is 5.56 Å². The van der Waals surface area contributed by atoms with E-state index in [-0.39, 0.29) is 17.3 Å². The Labute approximate surface area is 155 Å². The first kappa shape index (κ1) is 17.1. The molecule has 2 N–H and O–H groups in total. The van der Waals surface area contributed by atoms with Crippen molar-refractivity contribution in [2.45, 2.75) is 19.8 Å². The van der Waals surface area contributed by atoms with Gasteiger partial charge in [0, 0.05) is 36.6 Å². The summed E-state index contributed by atoms with van der Waals surface area (Å²) in [6.45, 7) is 3.81. The fourth-order valence-electron chi connectivity index (χ4n) is 3.10. The molecule has 138 valence electrons. The van der Waals surface area contributed by atoms with Gasteiger partial charge >= 0.3 is 0 Å². The minimum absolute atomic E-state index is 0.270. The molecule has 4 rings (SSSR count). The molecule has 0 spiro atoms. The third-order valence-electron chi connectivity index (χ3n) is 4.48. The molecule has 0 radical (unpaired) electrons. The summed E-state index contributed by atoms with van der Waals surface area (Å²) in [5.74, 6) is 0.650. The van der Waals surface area contributed by atoms with Crippen molar-refractivity contribution in [3.8, 4) is 11.3 Å². The summed E-state index contributed by atoms with van der Waals surface area (Å²) in [4.78, 5) is 30.4. The van der Waals surface area contributed by atoms with Crippen molar-refractivity contribution in [1.29, 1.82) is 0 Å². The maximum Gasteiger partial charge on any atom is 0.252 e. The van der Waals surface area contributed by atoms with Crippen molar-refractivity contribution in [3.63, 3.8) is 0 Å². The van der Waals surface area contributed by atoms with E-state index in [1.165, 1.54) is 18.2 Å². The zero-order valence-electron chi connectivity index (χ0n) is 14.9. The van der Waals surface area contributed by atoms with E-state index in [2.05, 4.69) is 30.2 Å². The van der Waals surface area contributed by atoms with Crippen molar-refractivity contribution >= 4 is 17.6 Å². The second kappa shape index (κ2) is 7.14. The van der Waals surface area contributed by atoms with Crippen LogP contribution in [-0.2, 0) is 0 Å². The van der Waals surface area contributed by atoms with Gasteiger partial charge in [-0.3, -0.25) is 9.78 Å². The molecule has 0 amide bonds. The summed E-state index contributed by atoms with van der Waals surface area (Å²) < 4.78 is 13.0. The van der Waals surface area contributed by atoms with Crippen molar-refractivity contribution in [2.24, 2.45) is 0 Å². The van der Waals surface area contributed by atoms with Gasteiger partial charge in [0.05, 0.1) is 11.4 Å². The zero-order chi connectivity index (χ0) is 18.8. The Bertz CT molecular complexity index is 1010. The second-order valence-electron chi connectivity index (χ2n) is 6.47. The standard InChI is InChI=1S/C19H19FN6O/c1-12-15(11-21-19(22-12)26-8-2-3-9-26)16-10-17(27)25-18(24-16)23-14-6-4-13(20)5-7-14/h4-7,10-11H,2-3,8-9H2,1H3,(H2,23,24,25,27). The van der Waals surface area contributed by atoms with Crippen molar-refractivity contribution < 1.29 is 4.39 Å². The van der Waals surface area contributed by atoms with Crippen molar-refractivity contribution in [3.05, 3.63) is 58.4 Å². The fourth-order valence-corrected chi connectivity index (χ4v) is 3.10. The van der Waals surface area contributed by atoms with E-state index < -0.39 is 0 Å². The van der Waals surface area contributed by atoms with Crippen LogP contribution in [-0.4, -0.2) is 33.0 Å². The lowest BCUT2D eigenvalue weighted by atomic mass is 10.2. The summed E-state index contributed by atoms with van der Waals surface area (Å²) in [6, 6.07) is 7.22. The molecule has 0 saturated carbocycles. The molecule has 1 aromatic carbocycles. The van der Waals surface area contributed by atoms with Crippen LogP contribution in [0, 0.1) is 12.7 Å². The summed E-state index contributed by atoms with van der Waals surface area (Å²) in [5.41, 5.74) is 2.26. The van der Waals surface area contributed by atoms with Crippen LogP contribution >= 0.6 is 0 Å². The molecule has 1 saturated heterocycles. The number of anilines is 3. The third-order valence-corrected chi connectivity index (χ3v) is 4.48. The number of hydrogen-bond donors (Lipinski definition) is 2. The van der Waals surface area contributed by atoms with Gasteiger partial charge < -0.3 is 10.2 Å². The summed E-state index contributed by atoms with van der Waals surface area (Å²) >= 11 is 0. The maximum atomic E-state index is 13.0. The zero-order valence-corrected chi connectivity index (χ0v) is 14.9. The number of aryl methyl sites for hydroxylation is 1. The molecule has 7 nitrogen and oxygen atoms in total. The first-order valence-corrected chi connectivity index (χ1v) is 8.81. The van der Waals surface area contributed by atoms with E-state index in [9.17, 15) is 9.18 Å². The number of nitrogens with zero attached hydrogens (tertiary/aromatic N) is 4. The van der Waals surface area contributed by atoms with E-state index >= 15 is 0 Å². The average Bonchev–Trinajstić information content (AvgIpc) is 3.18. The van der Waals surface area contributed by atoms with Crippen LogP contribution in [0.15, 0.2) is 41.3 Å². The van der Waals surface area contributed by atoms with Crippen LogP contribution in [0.4, 0.5) is 22.0 Å². The highest BCUT2D eigenvalue weighted by Crippen LogP contribution is 2.23. The van der Waals surface area contributed by atoms with Crippen LogP contribution in [0.5, 0.6) is 0 Å². The fraction of sp³-hybridized carbons (Fsp3) is 0.263. The van der Waals surface area contributed by atoms with Crippen LogP contribution < -0.4 is 15.8 Å². The molecule has 0 bridgehead atoms. The lowest BCUT2D eigenvalue weighted by molar-refractivity contribution is 0.628. The Morgan fingerprint density at radius 1 is 1.15 bits per heavy atom. The van der Waals surface area contributed by atoms with E-state index in [1.54, 1.807) is 18.3 Å². The Kier molecular flexibility index (Phi) is 4.53. The van der Waals surface area contributed by atoms with Gasteiger partial charge in [0.1, 0.15) is 5.82 Å².